The van der Waals surface area contributed by atoms with Crippen molar-refractivity contribution >= 4 is 17.3 Å². The molecule has 0 radical (unpaired) electrons. The summed E-state index contributed by atoms with van der Waals surface area (Å²) in [6.45, 7) is 7.40. The zero-order chi connectivity index (χ0) is 22.3. The fraction of sp³-hybridized carbons (Fsp3) is 0.458. The minimum Gasteiger partial charge on any atom is -0.494 e. The standard InChI is InChI=1S/C24H31FN4O3/c1-31-23-7-6-19(16-20(23)25)17-27-8-10-28(11-9-27)18-24(30)26-21-4-2-3-5-22(21)29-12-14-32-15-13-29/h2-7,16H,8-15,17-18H2,1H3,(H,26,30). The van der Waals surface area contributed by atoms with Crippen LogP contribution in [0.1, 0.15) is 5.56 Å². The van der Waals surface area contributed by atoms with Crippen LogP contribution < -0.4 is 15.0 Å². The number of carbonyl (C=O) groups is 1. The van der Waals surface area contributed by atoms with Crippen molar-refractivity contribution in [3.63, 3.8) is 0 Å². The van der Waals surface area contributed by atoms with Gasteiger partial charge in [0, 0.05) is 45.8 Å². The van der Waals surface area contributed by atoms with E-state index in [-0.39, 0.29) is 17.5 Å². The molecule has 8 heteroatoms. The fourth-order valence-electron chi connectivity index (χ4n) is 4.22. The minimum absolute atomic E-state index is 0.00335. The number of nitrogens with one attached hydrogen (secondary N) is 1. The molecule has 2 aromatic carbocycles. The Balaban J connectivity index is 1.26. The van der Waals surface area contributed by atoms with Gasteiger partial charge in [-0.15, -0.1) is 0 Å². The Morgan fingerprint density at radius 3 is 2.47 bits per heavy atom. The normalized spacial score (nSPS) is 17.9. The summed E-state index contributed by atoms with van der Waals surface area (Å²) >= 11 is 0. The van der Waals surface area contributed by atoms with Crippen LogP contribution in [0.25, 0.3) is 0 Å². The Morgan fingerprint density at radius 2 is 1.75 bits per heavy atom. The second-order valence-corrected chi connectivity index (χ2v) is 8.19. The Kier molecular flexibility index (Phi) is 7.57. The number of morpholine rings is 1. The molecule has 0 atom stereocenters. The van der Waals surface area contributed by atoms with Gasteiger partial charge in [0.25, 0.3) is 0 Å². The van der Waals surface area contributed by atoms with Gasteiger partial charge in [0.15, 0.2) is 11.6 Å². The number of ether oxygens (including phenoxy) is 2. The highest BCUT2D eigenvalue weighted by atomic mass is 19.1. The molecule has 2 aliphatic heterocycles. The molecule has 7 nitrogen and oxygen atoms in total. The van der Waals surface area contributed by atoms with Crippen molar-refractivity contribution < 1.29 is 18.7 Å². The molecule has 1 N–H and O–H groups in total. The van der Waals surface area contributed by atoms with E-state index in [1.807, 2.05) is 30.3 Å². The van der Waals surface area contributed by atoms with Crippen LogP contribution >= 0.6 is 0 Å². The van der Waals surface area contributed by atoms with Crippen LogP contribution in [0.3, 0.4) is 0 Å². The Bertz CT molecular complexity index is 912. The zero-order valence-electron chi connectivity index (χ0n) is 18.6. The molecule has 0 saturated carbocycles. The lowest BCUT2D eigenvalue weighted by atomic mass is 10.2. The lowest BCUT2D eigenvalue weighted by Crippen LogP contribution is -2.48. The van der Waals surface area contributed by atoms with Gasteiger partial charge >= 0.3 is 0 Å². The molecule has 172 valence electrons. The topological polar surface area (TPSA) is 57.3 Å². The third-order valence-electron chi connectivity index (χ3n) is 5.98. The van der Waals surface area contributed by atoms with Gasteiger partial charge in [-0.05, 0) is 29.8 Å². The van der Waals surface area contributed by atoms with E-state index in [1.165, 1.54) is 13.2 Å². The van der Waals surface area contributed by atoms with Gasteiger partial charge in [-0.1, -0.05) is 18.2 Å². The molecule has 0 unspecified atom stereocenters. The molecule has 2 aliphatic rings. The fourth-order valence-corrected chi connectivity index (χ4v) is 4.22. The number of nitrogens with zero attached hydrogens (tertiary/aromatic N) is 3. The van der Waals surface area contributed by atoms with Gasteiger partial charge in [0.1, 0.15) is 0 Å². The highest BCUT2D eigenvalue weighted by Crippen LogP contribution is 2.26. The van der Waals surface area contributed by atoms with Crippen molar-refractivity contribution in [2.24, 2.45) is 0 Å². The summed E-state index contributed by atoms with van der Waals surface area (Å²) in [7, 11) is 1.47. The van der Waals surface area contributed by atoms with Crippen molar-refractivity contribution in [1.82, 2.24) is 9.80 Å². The van der Waals surface area contributed by atoms with Crippen molar-refractivity contribution in [3.8, 4) is 5.75 Å². The lowest BCUT2D eigenvalue weighted by molar-refractivity contribution is -0.117. The first-order valence-corrected chi connectivity index (χ1v) is 11.1. The van der Waals surface area contributed by atoms with E-state index >= 15 is 0 Å². The van der Waals surface area contributed by atoms with Gasteiger partial charge < -0.3 is 19.7 Å². The molecule has 0 bridgehead atoms. The lowest BCUT2D eigenvalue weighted by Gasteiger charge is -2.34. The van der Waals surface area contributed by atoms with Gasteiger partial charge in [0.05, 0.1) is 38.2 Å². The van der Waals surface area contributed by atoms with Gasteiger partial charge in [-0.3, -0.25) is 14.6 Å². The molecule has 4 rings (SSSR count). The van der Waals surface area contributed by atoms with E-state index < -0.39 is 0 Å². The maximum atomic E-state index is 13.9. The van der Waals surface area contributed by atoms with E-state index in [4.69, 9.17) is 9.47 Å². The highest BCUT2D eigenvalue weighted by Gasteiger charge is 2.21. The number of rotatable bonds is 7. The summed E-state index contributed by atoms with van der Waals surface area (Å²) in [5.74, 6) is -0.0752. The van der Waals surface area contributed by atoms with Crippen LogP contribution in [0.5, 0.6) is 5.75 Å². The quantitative estimate of drug-likeness (QED) is 0.711. The van der Waals surface area contributed by atoms with Gasteiger partial charge in [-0.25, -0.2) is 4.39 Å². The SMILES string of the molecule is COc1ccc(CN2CCN(CC(=O)Nc3ccccc3N3CCOCC3)CC2)cc1F. The van der Waals surface area contributed by atoms with E-state index in [1.54, 1.807) is 6.07 Å². The molecule has 32 heavy (non-hydrogen) atoms. The molecule has 1 amide bonds. The van der Waals surface area contributed by atoms with E-state index in [0.29, 0.717) is 26.3 Å². The highest BCUT2D eigenvalue weighted by molar-refractivity contribution is 5.95. The third-order valence-corrected chi connectivity index (χ3v) is 5.98. The van der Waals surface area contributed by atoms with Crippen molar-refractivity contribution in [2.45, 2.75) is 6.54 Å². The molecular formula is C24H31FN4O3. The van der Waals surface area contributed by atoms with Crippen LogP contribution in [0.2, 0.25) is 0 Å². The van der Waals surface area contributed by atoms with E-state index in [2.05, 4.69) is 20.0 Å². The average Bonchev–Trinajstić information content (AvgIpc) is 2.81. The van der Waals surface area contributed by atoms with Crippen LogP contribution in [-0.2, 0) is 16.1 Å². The van der Waals surface area contributed by atoms with Crippen LogP contribution in [0.4, 0.5) is 15.8 Å². The largest absolute Gasteiger partial charge is 0.494 e. The Labute approximate surface area is 188 Å². The molecule has 2 heterocycles. The first kappa shape index (κ1) is 22.5. The number of anilines is 2. The summed E-state index contributed by atoms with van der Waals surface area (Å²) in [6, 6.07) is 13.0. The molecule has 0 aliphatic carbocycles. The molecule has 0 aromatic heterocycles. The Morgan fingerprint density at radius 1 is 1.03 bits per heavy atom. The summed E-state index contributed by atoms with van der Waals surface area (Å²) < 4.78 is 24.4. The second-order valence-electron chi connectivity index (χ2n) is 8.19. The van der Waals surface area contributed by atoms with E-state index in [0.717, 1.165) is 56.2 Å². The summed E-state index contributed by atoms with van der Waals surface area (Å²) in [5.41, 5.74) is 2.81. The molecule has 2 aromatic rings. The number of carbonyl (C=O) groups excluding carboxylic acids is 1. The number of para-hydroxylation sites is 2. The number of piperazine rings is 1. The van der Waals surface area contributed by atoms with Crippen molar-refractivity contribution in [3.05, 3.63) is 53.8 Å². The van der Waals surface area contributed by atoms with Crippen molar-refractivity contribution in [1.29, 1.82) is 0 Å². The first-order chi connectivity index (χ1) is 15.6. The summed E-state index contributed by atoms with van der Waals surface area (Å²) in [4.78, 5) is 19.4. The van der Waals surface area contributed by atoms with Crippen LogP contribution in [-0.4, -0.2) is 81.8 Å². The molecular weight excluding hydrogens is 411 g/mol. The number of halogens is 1. The maximum absolute atomic E-state index is 13.9. The van der Waals surface area contributed by atoms with Crippen LogP contribution in [0.15, 0.2) is 42.5 Å². The summed E-state index contributed by atoms with van der Waals surface area (Å²) in [6.07, 6.45) is 0. The smallest absolute Gasteiger partial charge is 0.238 e. The summed E-state index contributed by atoms with van der Waals surface area (Å²) in [5, 5.41) is 3.09. The molecule has 0 spiro atoms. The maximum Gasteiger partial charge on any atom is 0.238 e. The van der Waals surface area contributed by atoms with Gasteiger partial charge in [0.2, 0.25) is 5.91 Å². The first-order valence-electron chi connectivity index (χ1n) is 11.1. The van der Waals surface area contributed by atoms with E-state index in [9.17, 15) is 9.18 Å². The monoisotopic (exact) mass is 442 g/mol. The second kappa shape index (κ2) is 10.8. The zero-order valence-corrected chi connectivity index (χ0v) is 18.6. The Hall–Kier alpha value is -2.68. The molecule has 2 saturated heterocycles. The van der Waals surface area contributed by atoms with Crippen LogP contribution in [0, 0.1) is 5.82 Å². The average molecular weight is 443 g/mol. The predicted molar refractivity (Wildman–Crippen MR) is 123 cm³/mol. The number of hydrogen-bond acceptors (Lipinski definition) is 6. The minimum atomic E-state index is -0.335. The van der Waals surface area contributed by atoms with Crippen molar-refractivity contribution in [2.75, 3.05) is 76.4 Å². The number of amides is 1. The number of methoxy groups -OCH3 is 1. The number of hydrogen-bond donors (Lipinski definition) is 1. The molecule has 2 fully saturated rings. The number of benzene rings is 2. The third kappa shape index (κ3) is 5.76. The predicted octanol–water partition coefficient (Wildman–Crippen LogP) is 2.43. The van der Waals surface area contributed by atoms with Gasteiger partial charge in [-0.2, -0.15) is 0 Å².